The number of ether oxygens (including phenoxy) is 2. The fourth-order valence-electron chi connectivity index (χ4n) is 0.808. The molecular weight excluding hydrogens is 270 g/mol. The van der Waals surface area contributed by atoms with Crippen LogP contribution in [0.1, 0.15) is 13.8 Å². The Balaban J connectivity index is 3.62. The van der Waals surface area contributed by atoms with Gasteiger partial charge in [0.15, 0.2) is 0 Å². The van der Waals surface area contributed by atoms with Crippen LogP contribution in [-0.2, 0) is 14.3 Å². The quantitative estimate of drug-likeness (QED) is 0.244. The van der Waals surface area contributed by atoms with Gasteiger partial charge in [0.05, 0.1) is 13.3 Å². The van der Waals surface area contributed by atoms with Crippen LogP contribution in [0.2, 0.25) is 0 Å². The summed E-state index contributed by atoms with van der Waals surface area (Å²) in [6, 6.07) is 0. The van der Waals surface area contributed by atoms with Crippen molar-refractivity contribution in [1.29, 1.82) is 0 Å². The lowest BCUT2D eigenvalue weighted by Gasteiger charge is -2.23. The fraction of sp³-hybridized carbons (Fsp3) is 0.727. The lowest BCUT2D eigenvalue weighted by Crippen LogP contribution is -2.43. The highest BCUT2D eigenvalue weighted by atomic mass is 19.4. The number of carbonyl (C=O) groups is 1. The zero-order valence-electron chi connectivity index (χ0n) is 10.8. The minimum Gasteiger partial charge on any atom is -0.461 e. The van der Waals surface area contributed by atoms with E-state index in [1.54, 1.807) is 0 Å². The van der Waals surface area contributed by atoms with Crippen LogP contribution < -0.4 is 5.32 Å². The van der Waals surface area contributed by atoms with Crippen LogP contribution in [0, 0.1) is 0 Å². The normalized spacial score (nSPS) is 14.8. The molecule has 0 saturated heterocycles. The molecule has 0 aliphatic carbocycles. The third-order valence-electron chi connectivity index (χ3n) is 2.03. The molecule has 0 aliphatic heterocycles. The summed E-state index contributed by atoms with van der Waals surface area (Å²) in [6.07, 6.45) is -4.97. The third-order valence-corrected chi connectivity index (χ3v) is 2.03. The van der Waals surface area contributed by atoms with E-state index in [9.17, 15) is 22.4 Å². The molecule has 1 unspecified atom stereocenters. The summed E-state index contributed by atoms with van der Waals surface area (Å²) < 4.78 is 58.5. The van der Waals surface area contributed by atoms with E-state index in [0.29, 0.717) is 6.92 Å². The van der Waals surface area contributed by atoms with Crippen molar-refractivity contribution in [3.05, 3.63) is 12.2 Å². The molecule has 0 rings (SSSR count). The molecule has 0 amide bonds. The van der Waals surface area contributed by atoms with Gasteiger partial charge in [-0.1, -0.05) is 6.58 Å². The van der Waals surface area contributed by atoms with Crippen LogP contribution in [0.5, 0.6) is 0 Å². The number of hydrogen-bond acceptors (Lipinski definition) is 4. The van der Waals surface area contributed by atoms with Crippen LogP contribution in [-0.4, -0.2) is 44.3 Å². The predicted octanol–water partition coefficient (Wildman–Crippen LogP) is 1.96. The van der Waals surface area contributed by atoms with E-state index in [-0.39, 0.29) is 25.5 Å². The molecule has 8 heteroatoms. The van der Waals surface area contributed by atoms with Crippen LogP contribution in [0.3, 0.4) is 0 Å². The van der Waals surface area contributed by atoms with Gasteiger partial charge in [-0.15, -0.1) is 0 Å². The minimum atomic E-state index is -4.97. The zero-order chi connectivity index (χ0) is 15.1. The predicted molar refractivity (Wildman–Crippen MR) is 60.2 cm³/mol. The number of carbonyl (C=O) groups excluding carboxylic acids is 1. The fourth-order valence-corrected chi connectivity index (χ4v) is 0.808. The number of hydrogen-bond donors (Lipinski definition) is 1. The Bertz CT molecular complexity index is 316. The summed E-state index contributed by atoms with van der Waals surface area (Å²) in [5, 5.41) is 2.54. The van der Waals surface area contributed by atoms with Crippen molar-refractivity contribution in [2.45, 2.75) is 25.7 Å². The Kier molecular flexibility index (Phi) is 6.99. The Morgan fingerprint density at radius 1 is 1.32 bits per heavy atom. The van der Waals surface area contributed by atoms with Gasteiger partial charge in [-0.25, -0.2) is 9.18 Å². The van der Waals surface area contributed by atoms with Crippen molar-refractivity contribution in [3.63, 3.8) is 0 Å². The molecule has 112 valence electrons. The lowest BCUT2D eigenvalue weighted by atomic mass is 10.1. The standard InChI is InChI=1S/C11H17F4NO3/c1-8(2)9(17)19-5-4-16-7-18-6-10(3,12)11(13,14)15/h16H,1,4-7H2,2-3H3. The van der Waals surface area contributed by atoms with Gasteiger partial charge in [-0.2, -0.15) is 13.2 Å². The van der Waals surface area contributed by atoms with E-state index >= 15 is 0 Å². The first-order chi connectivity index (χ1) is 8.58. The van der Waals surface area contributed by atoms with Crippen LogP contribution in [0.4, 0.5) is 17.6 Å². The van der Waals surface area contributed by atoms with Crippen molar-refractivity contribution in [2.75, 3.05) is 26.5 Å². The molecule has 1 N–H and O–H groups in total. The van der Waals surface area contributed by atoms with Gasteiger partial charge in [0.25, 0.3) is 0 Å². The molecule has 19 heavy (non-hydrogen) atoms. The molecule has 0 heterocycles. The molecule has 0 aromatic heterocycles. The summed E-state index contributed by atoms with van der Waals surface area (Å²) in [4.78, 5) is 10.9. The topological polar surface area (TPSA) is 47.6 Å². The molecule has 0 bridgehead atoms. The molecule has 0 spiro atoms. The monoisotopic (exact) mass is 287 g/mol. The maximum absolute atomic E-state index is 13.0. The summed E-state index contributed by atoms with van der Waals surface area (Å²) in [7, 11) is 0. The number of halogens is 4. The van der Waals surface area contributed by atoms with E-state index in [1.165, 1.54) is 6.92 Å². The van der Waals surface area contributed by atoms with Gasteiger partial charge in [0.2, 0.25) is 5.67 Å². The summed E-state index contributed by atoms with van der Waals surface area (Å²) in [5.74, 6) is -0.559. The first-order valence-corrected chi connectivity index (χ1v) is 5.44. The Morgan fingerprint density at radius 3 is 2.37 bits per heavy atom. The molecule has 0 saturated carbocycles. The van der Waals surface area contributed by atoms with Crippen molar-refractivity contribution >= 4 is 5.97 Å². The van der Waals surface area contributed by atoms with Gasteiger partial charge in [-0.05, 0) is 13.8 Å². The first kappa shape index (κ1) is 17.8. The van der Waals surface area contributed by atoms with Crippen LogP contribution in [0.25, 0.3) is 0 Å². The van der Waals surface area contributed by atoms with Gasteiger partial charge < -0.3 is 9.47 Å². The van der Waals surface area contributed by atoms with E-state index in [4.69, 9.17) is 4.74 Å². The molecule has 1 atom stereocenters. The molecule has 0 aromatic carbocycles. The van der Waals surface area contributed by atoms with Crippen LogP contribution >= 0.6 is 0 Å². The summed E-state index contributed by atoms with van der Waals surface area (Å²) in [5.41, 5.74) is -3.14. The summed E-state index contributed by atoms with van der Waals surface area (Å²) in [6.45, 7) is 4.06. The highest BCUT2D eigenvalue weighted by Gasteiger charge is 2.52. The Hall–Kier alpha value is -1.15. The second kappa shape index (κ2) is 7.44. The highest BCUT2D eigenvalue weighted by molar-refractivity contribution is 5.86. The third kappa shape index (κ3) is 7.12. The van der Waals surface area contributed by atoms with Gasteiger partial charge >= 0.3 is 12.1 Å². The van der Waals surface area contributed by atoms with Crippen molar-refractivity contribution in [1.82, 2.24) is 5.32 Å². The lowest BCUT2D eigenvalue weighted by molar-refractivity contribution is -0.239. The van der Waals surface area contributed by atoms with Gasteiger partial charge in [0, 0.05) is 12.1 Å². The molecule has 0 radical (unpaired) electrons. The SMILES string of the molecule is C=C(C)C(=O)OCCNCOCC(C)(F)C(F)(F)F. The van der Waals surface area contributed by atoms with E-state index in [0.717, 1.165) is 0 Å². The number of alkyl halides is 4. The number of rotatable bonds is 8. The largest absolute Gasteiger partial charge is 0.461 e. The van der Waals surface area contributed by atoms with E-state index in [2.05, 4.69) is 16.6 Å². The van der Waals surface area contributed by atoms with Gasteiger partial charge in [0.1, 0.15) is 6.61 Å². The Morgan fingerprint density at radius 2 is 1.89 bits per heavy atom. The molecule has 4 nitrogen and oxygen atoms in total. The minimum absolute atomic E-state index is 0.0151. The molecular formula is C11H17F4NO3. The van der Waals surface area contributed by atoms with E-state index in [1.807, 2.05) is 0 Å². The van der Waals surface area contributed by atoms with E-state index < -0.39 is 24.4 Å². The number of esters is 1. The van der Waals surface area contributed by atoms with Crippen molar-refractivity contribution in [3.8, 4) is 0 Å². The van der Waals surface area contributed by atoms with Gasteiger partial charge in [-0.3, -0.25) is 5.32 Å². The highest BCUT2D eigenvalue weighted by Crippen LogP contribution is 2.33. The smallest absolute Gasteiger partial charge is 0.424 e. The first-order valence-electron chi connectivity index (χ1n) is 5.44. The second-order valence-electron chi connectivity index (χ2n) is 4.10. The van der Waals surface area contributed by atoms with Crippen molar-refractivity contribution < 1.29 is 31.8 Å². The van der Waals surface area contributed by atoms with Crippen LogP contribution in [0.15, 0.2) is 12.2 Å². The molecule has 0 aliphatic rings. The zero-order valence-corrected chi connectivity index (χ0v) is 10.8. The number of nitrogens with one attached hydrogen (secondary N) is 1. The molecule has 0 fully saturated rings. The Labute approximate surface area is 108 Å². The second-order valence-corrected chi connectivity index (χ2v) is 4.10. The average Bonchev–Trinajstić information content (AvgIpc) is 2.25. The molecule has 0 aromatic rings. The summed E-state index contributed by atoms with van der Waals surface area (Å²) >= 11 is 0. The maximum Gasteiger partial charge on any atom is 0.424 e. The maximum atomic E-state index is 13.0. The van der Waals surface area contributed by atoms with Crippen molar-refractivity contribution in [2.24, 2.45) is 0 Å². The average molecular weight is 287 g/mol.